The summed E-state index contributed by atoms with van der Waals surface area (Å²) in [7, 11) is 0. The summed E-state index contributed by atoms with van der Waals surface area (Å²) >= 11 is 0. The van der Waals surface area contributed by atoms with Crippen LogP contribution < -0.4 is 0 Å². The Hall–Kier alpha value is -0.330. The zero-order chi connectivity index (χ0) is 9.94. The SMILES string of the molecule is CCC(C)CCCCCCCC=O. The van der Waals surface area contributed by atoms with Crippen molar-refractivity contribution in [2.75, 3.05) is 0 Å². The average molecular weight is 184 g/mol. The van der Waals surface area contributed by atoms with Crippen LogP contribution in [0, 0.1) is 5.92 Å². The third kappa shape index (κ3) is 9.59. The van der Waals surface area contributed by atoms with Crippen LogP contribution >= 0.6 is 0 Å². The van der Waals surface area contributed by atoms with Gasteiger partial charge >= 0.3 is 0 Å². The molecule has 0 radical (unpaired) electrons. The highest BCUT2D eigenvalue weighted by atomic mass is 16.1. The second-order valence-electron chi connectivity index (χ2n) is 4.03. The molecule has 0 rings (SSSR count). The summed E-state index contributed by atoms with van der Waals surface area (Å²) in [4.78, 5) is 10.0. The Balaban J connectivity index is 2.95. The molecule has 0 amide bonds. The lowest BCUT2D eigenvalue weighted by molar-refractivity contribution is -0.107. The normalized spacial score (nSPS) is 12.8. The molecule has 1 heteroatoms. The van der Waals surface area contributed by atoms with Gasteiger partial charge in [-0.2, -0.15) is 0 Å². The van der Waals surface area contributed by atoms with Crippen molar-refractivity contribution < 1.29 is 4.79 Å². The predicted octanol–water partition coefficient (Wildman–Crippen LogP) is 3.96. The fourth-order valence-corrected chi connectivity index (χ4v) is 1.45. The second kappa shape index (κ2) is 9.76. The van der Waals surface area contributed by atoms with Crippen LogP contribution in [0.2, 0.25) is 0 Å². The first kappa shape index (κ1) is 12.7. The molecule has 1 nitrogen and oxygen atoms in total. The molecule has 1 atom stereocenters. The van der Waals surface area contributed by atoms with Gasteiger partial charge in [-0.05, 0) is 12.3 Å². The molecule has 78 valence electrons. The van der Waals surface area contributed by atoms with Gasteiger partial charge in [-0.25, -0.2) is 0 Å². The van der Waals surface area contributed by atoms with Crippen molar-refractivity contribution in [2.24, 2.45) is 5.92 Å². The Bertz CT molecular complexity index is 110. The molecule has 1 unspecified atom stereocenters. The first-order chi connectivity index (χ1) is 6.31. The molecule has 0 aromatic heterocycles. The lowest BCUT2D eigenvalue weighted by atomic mass is 10.00. The van der Waals surface area contributed by atoms with E-state index in [1.165, 1.54) is 38.5 Å². The van der Waals surface area contributed by atoms with E-state index in [4.69, 9.17) is 0 Å². The molecule has 0 spiro atoms. The van der Waals surface area contributed by atoms with Gasteiger partial charge in [0.05, 0.1) is 0 Å². The van der Waals surface area contributed by atoms with E-state index in [0.29, 0.717) is 0 Å². The highest BCUT2D eigenvalue weighted by molar-refractivity contribution is 5.48. The van der Waals surface area contributed by atoms with E-state index in [9.17, 15) is 4.79 Å². The standard InChI is InChI=1S/C12H24O/c1-3-12(2)10-8-6-4-5-7-9-11-13/h11-12H,3-10H2,1-2H3. The molecule has 0 heterocycles. The highest BCUT2D eigenvalue weighted by Crippen LogP contribution is 2.13. The molecule has 0 saturated carbocycles. The van der Waals surface area contributed by atoms with Gasteiger partial charge in [0, 0.05) is 6.42 Å². The van der Waals surface area contributed by atoms with E-state index < -0.39 is 0 Å². The molecule has 0 fully saturated rings. The van der Waals surface area contributed by atoms with Crippen molar-refractivity contribution in [1.29, 1.82) is 0 Å². The van der Waals surface area contributed by atoms with Gasteiger partial charge in [-0.3, -0.25) is 0 Å². The van der Waals surface area contributed by atoms with Crippen LogP contribution in [0.25, 0.3) is 0 Å². The van der Waals surface area contributed by atoms with Crippen molar-refractivity contribution >= 4 is 6.29 Å². The van der Waals surface area contributed by atoms with Crippen LogP contribution in [0.3, 0.4) is 0 Å². The van der Waals surface area contributed by atoms with Crippen LogP contribution in [-0.4, -0.2) is 6.29 Å². The topological polar surface area (TPSA) is 17.1 Å². The molecule has 0 saturated heterocycles. The number of aldehydes is 1. The van der Waals surface area contributed by atoms with Gasteiger partial charge in [-0.1, -0.05) is 52.4 Å². The molecule has 0 aliphatic heterocycles. The maximum Gasteiger partial charge on any atom is 0.119 e. The summed E-state index contributed by atoms with van der Waals surface area (Å²) in [5.74, 6) is 0.898. The Morgan fingerprint density at radius 2 is 1.69 bits per heavy atom. The van der Waals surface area contributed by atoms with Gasteiger partial charge in [0.2, 0.25) is 0 Å². The average Bonchev–Trinajstić information content (AvgIpc) is 2.16. The first-order valence-electron chi connectivity index (χ1n) is 5.74. The highest BCUT2D eigenvalue weighted by Gasteiger charge is 1.97. The van der Waals surface area contributed by atoms with E-state index in [-0.39, 0.29) is 0 Å². The lowest BCUT2D eigenvalue weighted by Crippen LogP contribution is -1.91. The van der Waals surface area contributed by atoms with Crippen LogP contribution in [-0.2, 0) is 4.79 Å². The Kier molecular flexibility index (Phi) is 9.51. The molecule has 0 aromatic carbocycles. The molecule has 0 aromatic rings. The number of hydrogen-bond donors (Lipinski definition) is 0. The van der Waals surface area contributed by atoms with Gasteiger partial charge in [0.1, 0.15) is 6.29 Å². The maximum absolute atomic E-state index is 10.0. The van der Waals surface area contributed by atoms with Gasteiger partial charge in [0.25, 0.3) is 0 Å². The zero-order valence-electron chi connectivity index (χ0n) is 9.22. The number of rotatable bonds is 9. The Morgan fingerprint density at radius 3 is 2.31 bits per heavy atom. The van der Waals surface area contributed by atoms with E-state index in [1.807, 2.05) is 0 Å². The van der Waals surface area contributed by atoms with Gasteiger partial charge in [-0.15, -0.1) is 0 Å². The van der Waals surface area contributed by atoms with Crippen molar-refractivity contribution in [3.05, 3.63) is 0 Å². The molecular weight excluding hydrogens is 160 g/mol. The first-order valence-corrected chi connectivity index (χ1v) is 5.74. The number of carbonyl (C=O) groups is 1. The molecule has 13 heavy (non-hydrogen) atoms. The Morgan fingerprint density at radius 1 is 1.08 bits per heavy atom. The lowest BCUT2D eigenvalue weighted by Gasteiger charge is -2.06. The minimum atomic E-state index is 0.755. The summed E-state index contributed by atoms with van der Waals surface area (Å²) in [6, 6.07) is 0. The fraction of sp³-hybridized carbons (Fsp3) is 0.917. The molecule has 0 aliphatic rings. The largest absolute Gasteiger partial charge is 0.303 e. The van der Waals surface area contributed by atoms with E-state index in [0.717, 1.165) is 25.0 Å². The zero-order valence-corrected chi connectivity index (χ0v) is 9.22. The number of unbranched alkanes of at least 4 members (excludes halogenated alkanes) is 5. The summed E-state index contributed by atoms with van der Waals surface area (Å²) in [6.45, 7) is 4.58. The van der Waals surface area contributed by atoms with Crippen molar-refractivity contribution in [3.63, 3.8) is 0 Å². The summed E-state index contributed by atoms with van der Waals surface area (Å²) < 4.78 is 0. The third-order valence-electron chi connectivity index (χ3n) is 2.72. The molecule has 0 bridgehead atoms. The van der Waals surface area contributed by atoms with E-state index in [2.05, 4.69) is 13.8 Å². The van der Waals surface area contributed by atoms with Crippen molar-refractivity contribution in [2.45, 2.75) is 65.2 Å². The van der Waals surface area contributed by atoms with Crippen molar-refractivity contribution in [3.8, 4) is 0 Å². The quantitative estimate of drug-likeness (QED) is 0.391. The van der Waals surface area contributed by atoms with Crippen LogP contribution in [0.15, 0.2) is 0 Å². The Labute approximate surface area is 82.9 Å². The maximum atomic E-state index is 10.0. The minimum absolute atomic E-state index is 0.755. The number of carbonyl (C=O) groups excluding carboxylic acids is 1. The van der Waals surface area contributed by atoms with E-state index >= 15 is 0 Å². The monoisotopic (exact) mass is 184 g/mol. The van der Waals surface area contributed by atoms with Crippen LogP contribution in [0.5, 0.6) is 0 Å². The van der Waals surface area contributed by atoms with Crippen LogP contribution in [0.4, 0.5) is 0 Å². The van der Waals surface area contributed by atoms with Crippen molar-refractivity contribution in [1.82, 2.24) is 0 Å². The molecular formula is C12H24O. The van der Waals surface area contributed by atoms with Crippen LogP contribution in [0.1, 0.15) is 65.2 Å². The number of hydrogen-bond acceptors (Lipinski definition) is 1. The smallest absolute Gasteiger partial charge is 0.119 e. The third-order valence-corrected chi connectivity index (χ3v) is 2.72. The molecule has 0 aliphatic carbocycles. The van der Waals surface area contributed by atoms with Gasteiger partial charge < -0.3 is 4.79 Å². The predicted molar refractivity (Wildman–Crippen MR) is 57.8 cm³/mol. The second-order valence-corrected chi connectivity index (χ2v) is 4.03. The summed E-state index contributed by atoms with van der Waals surface area (Å²) in [5.41, 5.74) is 0. The van der Waals surface area contributed by atoms with E-state index in [1.54, 1.807) is 0 Å². The minimum Gasteiger partial charge on any atom is -0.303 e. The fourth-order valence-electron chi connectivity index (χ4n) is 1.45. The molecule has 0 N–H and O–H groups in total. The summed E-state index contributed by atoms with van der Waals surface area (Å²) in [5, 5.41) is 0. The van der Waals surface area contributed by atoms with Gasteiger partial charge in [0.15, 0.2) is 0 Å². The summed E-state index contributed by atoms with van der Waals surface area (Å²) in [6.07, 6.45) is 10.8.